The Bertz CT molecular complexity index is 1210. The Kier molecular flexibility index (Phi) is 6.09. The van der Waals surface area contributed by atoms with Crippen molar-refractivity contribution in [2.45, 2.75) is 13.3 Å². The van der Waals surface area contributed by atoms with Crippen LogP contribution in [0.4, 0.5) is 4.79 Å². The van der Waals surface area contributed by atoms with Crippen LogP contribution in [0, 0.1) is 6.92 Å². The topological polar surface area (TPSA) is 72.2 Å². The molecule has 8 heteroatoms. The number of aryl methyl sites for hydroxylation is 1. The maximum atomic E-state index is 12.8. The van der Waals surface area contributed by atoms with Gasteiger partial charge >= 0.3 is 6.03 Å². The van der Waals surface area contributed by atoms with Crippen molar-refractivity contribution >= 4 is 11.7 Å². The SMILES string of the molecule is COc1cc2c(cc1OC)C(c1ccc(-c3cnc(C)n3C)cc1)=NN(C(=O)N(C)C)CC2. The number of hydrazone groups is 1. The first-order chi connectivity index (χ1) is 15.8. The van der Waals surface area contributed by atoms with Crippen LogP contribution in [0.2, 0.25) is 0 Å². The lowest BCUT2D eigenvalue weighted by Crippen LogP contribution is -2.37. The number of carbonyl (C=O) groups is 1. The average molecular weight is 448 g/mol. The fourth-order valence-corrected chi connectivity index (χ4v) is 3.95. The van der Waals surface area contributed by atoms with Crippen molar-refractivity contribution in [2.75, 3.05) is 34.9 Å². The third kappa shape index (κ3) is 4.16. The van der Waals surface area contributed by atoms with Gasteiger partial charge in [-0.25, -0.2) is 14.8 Å². The van der Waals surface area contributed by atoms with E-state index in [0.717, 1.165) is 33.8 Å². The van der Waals surface area contributed by atoms with Crippen molar-refractivity contribution < 1.29 is 14.3 Å². The molecule has 2 aromatic carbocycles. The molecule has 8 nitrogen and oxygen atoms in total. The van der Waals surface area contributed by atoms with Gasteiger partial charge in [-0.3, -0.25) is 0 Å². The number of urea groups is 1. The highest BCUT2D eigenvalue weighted by Crippen LogP contribution is 2.34. The summed E-state index contributed by atoms with van der Waals surface area (Å²) in [5, 5.41) is 6.33. The summed E-state index contributed by atoms with van der Waals surface area (Å²) >= 11 is 0. The van der Waals surface area contributed by atoms with Gasteiger partial charge in [0.2, 0.25) is 0 Å². The van der Waals surface area contributed by atoms with Crippen LogP contribution in [0.15, 0.2) is 47.7 Å². The van der Waals surface area contributed by atoms with E-state index in [4.69, 9.17) is 14.6 Å². The third-order valence-electron chi connectivity index (χ3n) is 5.96. The normalized spacial score (nSPS) is 13.2. The summed E-state index contributed by atoms with van der Waals surface area (Å²) in [6.07, 6.45) is 2.52. The average Bonchev–Trinajstić information content (AvgIpc) is 3.05. The fourth-order valence-electron chi connectivity index (χ4n) is 3.95. The van der Waals surface area contributed by atoms with Gasteiger partial charge in [-0.15, -0.1) is 0 Å². The number of ether oxygens (including phenoxy) is 2. The van der Waals surface area contributed by atoms with Crippen LogP contribution in [-0.2, 0) is 13.5 Å². The van der Waals surface area contributed by atoms with Crippen LogP contribution in [-0.4, -0.2) is 66.1 Å². The summed E-state index contributed by atoms with van der Waals surface area (Å²) in [4.78, 5) is 18.7. The van der Waals surface area contributed by atoms with E-state index in [1.165, 1.54) is 9.91 Å². The Labute approximate surface area is 194 Å². The van der Waals surface area contributed by atoms with Crippen LogP contribution in [0.1, 0.15) is 22.5 Å². The predicted molar refractivity (Wildman–Crippen MR) is 128 cm³/mol. The number of carbonyl (C=O) groups excluding carboxylic acids is 1. The molecule has 2 heterocycles. The highest BCUT2D eigenvalue weighted by atomic mass is 16.5. The van der Waals surface area contributed by atoms with E-state index in [0.29, 0.717) is 30.2 Å². The first-order valence-electron chi connectivity index (χ1n) is 10.8. The molecule has 0 unspecified atom stereocenters. The quantitative estimate of drug-likeness (QED) is 0.611. The van der Waals surface area contributed by atoms with Crippen LogP contribution in [0.3, 0.4) is 0 Å². The Morgan fingerprint density at radius 2 is 1.67 bits per heavy atom. The summed E-state index contributed by atoms with van der Waals surface area (Å²) in [7, 11) is 8.70. The van der Waals surface area contributed by atoms with E-state index in [1.807, 2.05) is 44.4 Å². The molecule has 0 saturated heterocycles. The molecule has 0 spiro atoms. The van der Waals surface area contributed by atoms with Gasteiger partial charge in [0.15, 0.2) is 11.5 Å². The molecule has 0 aliphatic carbocycles. The van der Waals surface area contributed by atoms with Crippen molar-refractivity contribution in [3.05, 3.63) is 65.1 Å². The van der Waals surface area contributed by atoms with Gasteiger partial charge in [-0.05, 0) is 36.6 Å². The minimum Gasteiger partial charge on any atom is -0.493 e. The van der Waals surface area contributed by atoms with Gasteiger partial charge in [-0.2, -0.15) is 5.10 Å². The minimum absolute atomic E-state index is 0.166. The number of rotatable bonds is 4. The smallest absolute Gasteiger partial charge is 0.339 e. The summed E-state index contributed by atoms with van der Waals surface area (Å²) in [5.41, 5.74) is 5.69. The first kappa shape index (κ1) is 22.4. The lowest BCUT2D eigenvalue weighted by atomic mass is 9.94. The Morgan fingerprint density at radius 1 is 1.03 bits per heavy atom. The number of hydrogen-bond donors (Lipinski definition) is 0. The third-order valence-corrected chi connectivity index (χ3v) is 5.96. The zero-order valence-electron chi connectivity index (χ0n) is 19.9. The highest BCUT2D eigenvalue weighted by Gasteiger charge is 2.25. The van der Waals surface area contributed by atoms with Crippen LogP contribution >= 0.6 is 0 Å². The molecule has 0 atom stereocenters. The van der Waals surface area contributed by atoms with Gasteiger partial charge in [-0.1, -0.05) is 24.3 Å². The summed E-state index contributed by atoms with van der Waals surface area (Å²) in [5.74, 6) is 2.23. The van der Waals surface area contributed by atoms with Crippen molar-refractivity contribution in [1.82, 2.24) is 19.5 Å². The van der Waals surface area contributed by atoms with Gasteiger partial charge in [0.25, 0.3) is 0 Å². The Balaban J connectivity index is 1.83. The van der Waals surface area contributed by atoms with Gasteiger partial charge in [0.05, 0.1) is 38.4 Å². The van der Waals surface area contributed by atoms with E-state index in [2.05, 4.69) is 21.7 Å². The van der Waals surface area contributed by atoms with E-state index in [-0.39, 0.29) is 6.03 Å². The van der Waals surface area contributed by atoms with Crippen molar-refractivity contribution in [1.29, 1.82) is 0 Å². The molecule has 1 aliphatic rings. The van der Waals surface area contributed by atoms with Gasteiger partial charge in [0.1, 0.15) is 5.82 Å². The second-order valence-corrected chi connectivity index (χ2v) is 8.19. The van der Waals surface area contributed by atoms with Gasteiger partial charge < -0.3 is 18.9 Å². The second kappa shape index (κ2) is 8.97. The number of fused-ring (bicyclic) bond motifs is 1. The minimum atomic E-state index is -0.166. The van der Waals surface area contributed by atoms with E-state index in [9.17, 15) is 4.79 Å². The number of amides is 2. The number of aromatic nitrogens is 2. The number of methoxy groups -OCH3 is 2. The zero-order chi connectivity index (χ0) is 23.7. The molecule has 3 aromatic rings. The van der Waals surface area contributed by atoms with Crippen LogP contribution < -0.4 is 9.47 Å². The second-order valence-electron chi connectivity index (χ2n) is 8.19. The standard InChI is InChI=1S/C25H29N5O3/c1-16-26-15-21(29(16)4)17-7-9-18(10-8-17)24-20-14-23(33-6)22(32-5)13-19(20)11-12-30(27-24)25(31)28(2)3/h7-10,13-15H,11-12H2,1-6H3. The Hall–Kier alpha value is -3.81. The molecule has 0 fully saturated rings. The number of imidazole rings is 1. The number of benzene rings is 2. The van der Waals surface area contributed by atoms with E-state index < -0.39 is 0 Å². The molecule has 172 valence electrons. The molecule has 0 N–H and O–H groups in total. The number of hydrogen-bond acceptors (Lipinski definition) is 5. The lowest BCUT2D eigenvalue weighted by molar-refractivity contribution is 0.174. The highest BCUT2D eigenvalue weighted by molar-refractivity contribution is 6.14. The molecule has 4 rings (SSSR count). The molecule has 1 aliphatic heterocycles. The molecule has 2 amide bonds. The Morgan fingerprint density at radius 3 is 2.24 bits per heavy atom. The van der Waals surface area contributed by atoms with Gasteiger partial charge in [0, 0.05) is 32.3 Å². The first-order valence-corrected chi connectivity index (χ1v) is 10.8. The van der Waals surface area contributed by atoms with E-state index >= 15 is 0 Å². The summed E-state index contributed by atoms with van der Waals surface area (Å²) in [6.45, 7) is 2.45. The van der Waals surface area contributed by atoms with Crippen molar-refractivity contribution in [2.24, 2.45) is 12.1 Å². The zero-order valence-corrected chi connectivity index (χ0v) is 19.9. The molecule has 33 heavy (non-hydrogen) atoms. The van der Waals surface area contributed by atoms with E-state index in [1.54, 1.807) is 28.3 Å². The molecule has 1 aromatic heterocycles. The molecule has 0 bridgehead atoms. The molecule has 0 saturated carbocycles. The molecular formula is C25H29N5O3. The molecule has 0 radical (unpaired) electrons. The monoisotopic (exact) mass is 447 g/mol. The molecular weight excluding hydrogens is 418 g/mol. The fraction of sp³-hybridized carbons (Fsp3) is 0.320. The summed E-state index contributed by atoms with van der Waals surface area (Å²) in [6, 6.07) is 11.9. The summed E-state index contributed by atoms with van der Waals surface area (Å²) < 4.78 is 13.1. The maximum Gasteiger partial charge on any atom is 0.339 e. The van der Waals surface area contributed by atoms with Crippen LogP contribution in [0.5, 0.6) is 11.5 Å². The largest absolute Gasteiger partial charge is 0.493 e. The maximum absolute atomic E-state index is 12.8. The lowest BCUT2D eigenvalue weighted by Gasteiger charge is -2.21. The predicted octanol–water partition coefficient (Wildman–Crippen LogP) is 3.70. The number of nitrogens with zero attached hydrogens (tertiary/aromatic N) is 5. The van der Waals surface area contributed by atoms with Crippen molar-refractivity contribution in [3.8, 4) is 22.8 Å². The van der Waals surface area contributed by atoms with Crippen LogP contribution in [0.25, 0.3) is 11.3 Å². The van der Waals surface area contributed by atoms with Crippen molar-refractivity contribution in [3.63, 3.8) is 0 Å².